The van der Waals surface area contributed by atoms with Gasteiger partial charge in [-0.25, -0.2) is 0 Å². The largest absolute Gasteiger partial charge is 0.393 e. The third-order valence-electron chi connectivity index (χ3n) is 7.08. The normalized spacial score (nSPS) is 51.1. The summed E-state index contributed by atoms with van der Waals surface area (Å²) in [5.74, 6) is 1.29. The molecule has 0 radical (unpaired) electrons. The minimum Gasteiger partial charge on any atom is -0.393 e. The van der Waals surface area contributed by atoms with E-state index in [1.807, 2.05) is 6.92 Å². The van der Waals surface area contributed by atoms with Crippen molar-refractivity contribution in [2.75, 3.05) is 0 Å². The van der Waals surface area contributed by atoms with Crippen molar-refractivity contribution in [2.24, 2.45) is 23.7 Å². The molecule has 2 bridgehead atoms. The molecule has 0 unspecified atom stereocenters. The lowest BCUT2D eigenvalue weighted by Gasteiger charge is -2.42. The first-order valence-corrected chi connectivity index (χ1v) is 9.40. The maximum absolute atomic E-state index is 11.0. The third-order valence-corrected chi connectivity index (χ3v) is 7.08. The van der Waals surface area contributed by atoms with Crippen LogP contribution in [0.3, 0.4) is 0 Å². The Labute approximate surface area is 141 Å². The number of ether oxygens (including phenoxy) is 1. The predicted molar refractivity (Wildman–Crippen MR) is 92.1 cm³/mol. The molecular formula is C20H34O3. The SMILES string of the molecule is C=C1CC[C@@H](C(C)C)C[C@@H]2[C@H]([C@H](O)C[C@]2(C)O)[C@@]2(C)CC[C@@H]1O2. The summed E-state index contributed by atoms with van der Waals surface area (Å²) in [5, 5.41) is 21.8. The molecular weight excluding hydrogens is 288 g/mol. The van der Waals surface area contributed by atoms with Gasteiger partial charge in [0.1, 0.15) is 0 Å². The van der Waals surface area contributed by atoms with Crippen molar-refractivity contribution in [3.8, 4) is 0 Å². The summed E-state index contributed by atoms with van der Waals surface area (Å²) >= 11 is 0. The van der Waals surface area contributed by atoms with Gasteiger partial charge in [0, 0.05) is 12.3 Å². The fourth-order valence-electron chi connectivity index (χ4n) is 5.56. The highest BCUT2D eigenvalue weighted by atomic mass is 16.5. The third kappa shape index (κ3) is 3.01. The van der Waals surface area contributed by atoms with E-state index in [0.29, 0.717) is 18.3 Å². The van der Waals surface area contributed by atoms with Gasteiger partial charge in [-0.05, 0) is 69.3 Å². The Bertz CT molecular complexity index is 470. The average molecular weight is 322 g/mol. The summed E-state index contributed by atoms with van der Waals surface area (Å²) in [7, 11) is 0. The van der Waals surface area contributed by atoms with Gasteiger partial charge in [-0.3, -0.25) is 0 Å². The zero-order valence-corrected chi connectivity index (χ0v) is 15.2. The maximum atomic E-state index is 11.0. The lowest BCUT2D eigenvalue weighted by molar-refractivity contribution is -0.113. The van der Waals surface area contributed by atoms with Crippen LogP contribution < -0.4 is 0 Å². The smallest absolute Gasteiger partial charge is 0.0791 e. The summed E-state index contributed by atoms with van der Waals surface area (Å²) in [4.78, 5) is 0. The van der Waals surface area contributed by atoms with E-state index < -0.39 is 11.7 Å². The zero-order valence-electron chi connectivity index (χ0n) is 15.2. The molecule has 0 aromatic rings. The van der Waals surface area contributed by atoms with Gasteiger partial charge >= 0.3 is 0 Å². The van der Waals surface area contributed by atoms with E-state index in [-0.39, 0.29) is 23.5 Å². The maximum Gasteiger partial charge on any atom is 0.0791 e. The zero-order chi connectivity index (χ0) is 17.0. The van der Waals surface area contributed by atoms with Crippen LogP contribution in [0.25, 0.3) is 0 Å². The first-order chi connectivity index (χ1) is 10.6. The fraction of sp³-hybridized carbons (Fsp3) is 0.900. The predicted octanol–water partition coefficient (Wildman–Crippen LogP) is 3.68. The molecule has 2 saturated heterocycles. The monoisotopic (exact) mass is 322 g/mol. The number of aliphatic hydroxyl groups excluding tert-OH is 1. The van der Waals surface area contributed by atoms with Crippen LogP contribution in [0.4, 0.5) is 0 Å². The Balaban J connectivity index is 1.98. The quantitative estimate of drug-likeness (QED) is 0.724. The van der Waals surface area contributed by atoms with Crippen LogP contribution in [0.15, 0.2) is 12.2 Å². The summed E-state index contributed by atoms with van der Waals surface area (Å²) in [6.45, 7) is 12.9. The number of fused-ring (bicyclic) bond motifs is 4. The molecule has 2 aliphatic heterocycles. The van der Waals surface area contributed by atoms with Crippen LogP contribution >= 0.6 is 0 Å². The second-order valence-corrected chi connectivity index (χ2v) is 9.16. The minimum atomic E-state index is -0.794. The highest BCUT2D eigenvalue weighted by Gasteiger charge is 2.59. The van der Waals surface area contributed by atoms with E-state index in [9.17, 15) is 10.2 Å². The lowest BCUT2D eigenvalue weighted by Crippen LogP contribution is -2.46. The molecule has 2 heterocycles. The minimum absolute atomic E-state index is 0.0228. The van der Waals surface area contributed by atoms with Crippen LogP contribution in [0.2, 0.25) is 0 Å². The Kier molecular flexibility index (Phi) is 4.44. The molecule has 0 spiro atoms. The van der Waals surface area contributed by atoms with E-state index in [0.717, 1.165) is 32.1 Å². The second kappa shape index (κ2) is 5.86. The van der Waals surface area contributed by atoms with Crippen molar-refractivity contribution in [2.45, 2.75) is 89.6 Å². The molecule has 3 fully saturated rings. The molecule has 3 nitrogen and oxygen atoms in total. The van der Waals surface area contributed by atoms with E-state index >= 15 is 0 Å². The van der Waals surface area contributed by atoms with E-state index in [1.165, 1.54) is 5.57 Å². The first kappa shape index (κ1) is 17.4. The summed E-state index contributed by atoms with van der Waals surface area (Å²) in [6, 6.07) is 0. The number of rotatable bonds is 1. The summed E-state index contributed by atoms with van der Waals surface area (Å²) < 4.78 is 6.44. The van der Waals surface area contributed by atoms with Gasteiger partial charge in [-0.15, -0.1) is 0 Å². The molecule has 132 valence electrons. The van der Waals surface area contributed by atoms with E-state index in [2.05, 4.69) is 27.4 Å². The number of hydrogen-bond acceptors (Lipinski definition) is 3. The van der Waals surface area contributed by atoms with Gasteiger partial charge in [-0.1, -0.05) is 20.4 Å². The summed E-state index contributed by atoms with van der Waals surface area (Å²) in [6.07, 6.45) is 5.19. The van der Waals surface area contributed by atoms with Crippen molar-refractivity contribution in [1.82, 2.24) is 0 Å². The van der Waals surface area contributed by atoms with Gasteiger partial charge < -0.3 is 14.9 Å². The van der Waals surface area contributed by atoms with Gasteiger partial charge in [0.25, 0.3) is 0 Å². The molecule has 1 saturated carbocycles. The summed E-state index contributed by atoms with van der Waals surface area (Å²) in [5.41, 5.74) is 0.0895. The fourth-order valence-corrected chi connectivity index (χ4v) is 5.56. The average Bonchev–Trinajstić information content (AvgIpc) is 2.92. The van der Waals surface area contributed by atoms with E-state index in [1.54, 1.807) is 0 Å². The van der Waals surface area contributed by atoms with Crippen molar-refractivity contribution in [3.05, 3.63) is 12.2 Å². The highest BCUT2D eigenvalue weighted by Crippen LogP contribution is 2.54. The van der Waals surface area contributed by atoms with Gasteiger partial charge in [-0.2, -0.15) is 0 Å². The molecule has 0 aromatic carbocycles. The van der Waals surface area contributed by atoms with Gasteiger partial charge in [0.05, 0.1) is 23.4 Å². The van der Waals surface area contributed by atoms with Crippen LogP contribution in [-0.4, -0.2) is 33.6 Å². The topological polar surface area (TPSA) is 49.7 Å². The Morgan fingerprint density at radius 2 is 1.96 bits per heavy atom. The number of hydrogen-bond donors (Lipinski definition) is 2. The molecule has 3 aliphatic rings. The van der Waals surface area contributed by atoms with Crippen molar-refractivity contribution < 1.29 is 14.9 Å². The van der Waals surface area contributed by atoms with Crippen LogP contribution in [-0.2, 0) is 4.74 Å². The molecule has 2 N–H and O–H groups in total. The molecule has 0 aromatic heterocycles. The lowest BCUT2D eigenvalue weighted by atomic mass is 9.70. The standard InChI is InChI=1S/C20H34O3/c1-12(2)14-7-6-13(3)17-8-9-20(5,23-17)18-15(10-14)19(4,22)11-16(18)21/h12,14-18,21-22H,3,6-11H2,1-2,4-5H3/t14-,15-,16-,17+,18-,19+,20-/m1/s1. The van der Waals surface area contributed by atoms with Crippen LogP contribution in [0.5, 0.6) is 0 Å². The molecule has 1 aliphatic carbocycles. The molecule has 7 atom stereocenters. The second-order valence-electron chi connectivity index (χ2n) is 9.16. The molecule has 3 rings (SSSR count). The van der Waals surface area contributed by atoms with Crippen molar-refractivity contribution in [1.29, 1.82) is 0 Å². The van der Waals surface area contributed by atoms with Crippen molar-refractivity contribution >= 4 is 0 Å². The van der Waals surface area contributed by atoms with Gasteiger partial charge in [0.2, 0.25) is 0 Å². The molecule has 23 heavy (non-hydrogen) atoms. The van der Waals surface area contributed by atoms with Crippen LogP contribution in [0, 0.1) is 23.7 Å². The van der Waals surface area contributed by atoms with Gasteiger partial charge in [0.15, 0.2) is 0 Å². The highest BCUT2D eigenvalue weighted by molar-refractivity contribution is 5.14. The Morgan fingerprint density at radius 3 is 2.61 bits per heavy atom. The van der Waals surface area contributed by atoms with E-state index in [4.69, 9.17) is 4.74 Å². The Morgan fingerprint density at radius 1 is 1.26 bits per heavy atom. The van der Waals surface area contributed by atoms with Crippen molar-refractivity contribution in [3.63, 3.8) is 0 Å². The van der Waals surface area contributed by atoms with Crippen LogP contribution in [0.1, 0.15) is 66.2 Å². The molecule has 3 heteroatoms. The molecule has 0 amide bonds. The number of aliphatic hydroxyl groups is 2. The first-order valence-electron chi connectivity index (χ1n) is 9.40. The Hall–Kier alpha value is -0.380.